The highest BCUT2D eigenvalue weighted by Crippen LogP contribution is 2.30. The minimum Gasteiger partial charge on any atom is -0.481 e. The third-order valence-electron chi connectivity index (χ3n) is 3.44. The number of aliphatic carboxylic acids is 1. The lowest BCUT2D eigenvalue weighted by atomic mass is 9.93. The molecule has 2 atom stereocenters. The molecule has 0 aliphatic heterocycles. The average molecular weight is 265 g/mol. The summed E-state index contributed by atoms with van der Waals surface area (Å²) in [6.07, 6.45) is 4.75. The van der Waals surface area contributed by atoms with Gasteiger partial charge in [0.25, 0.3) is 0 Å². The van der Waals surface area contributed by atoms with Crippen LogP contribution in [0.15, 0.2) is 16.7 Å². The summed E-state index contributed by atoms with van der Waals surface area (Å²) >= 11 is 0. The lowest BCUT2D eigenvalue weighted by molar-refractivity contribution is -0.138. The minimum absolute atomic E-state index is 0.00651. The number of carbonyl (C=O) groups excluding carboxylic acids is 1. The fraction of sp³-hybridized carbons (Fsp3) is 0.571. The molecule has 0 saturated carbocycles. The zero-order valence-electron chi connectivity index (χ0n) is 11.0. The number of carboxylic acid groups (broad SMARTS) is 1. The number of furan rings is 1. The first-order chi connectivity index (χ1) is 9.06. The molecule has 19 heavy (non-hydrogen) atoms. The van der Waals surface area contributed by atoms with Crippen molar-refractivity contribution in [3.63, 3.8) is 0 Å². The van der Waals surface area contributed by atoms with Crippen LogP contribution in [0.1, 0.15) is 50.0 Å². The second kappa shape index (κ2) is 5.91. The minimum atomic E-state index is -0.866. The van der Waals surface area contributed by atoms with E-state index in [1.165, 1.54) is 0 Å². The molecule has 1 heterocycles. The first kappa shape index (κ1) is 13.6. The number of hydrogen-bond donors (Lipinski definition) is 2. The molecule has 5 nitrogen and oxygen atoms in total. The molecule has 1 amide bonds. The van der Waals surface area contributed by atoms with E-state index in [0.717, 1.165) is 30.6 Å². The van der Waals surface area contributed by atoms with Gasteiger partial charge in [-0.3, -0.25) is 9.59 Å². The maximum Gasteiger partial charge on any atom is 0.303 e. The van der Waals surface area contributed by atoms with Crippen LogP contribution >= 0.6 is 0 Å². The van der Waals surface area contributed by atoms with Crippen LogP contribution in [-0.4, -0.2) is 17.0 Å². The molecule has 0 spiro atoms. The topological polar surface area (TPSA) is 79.5 Å². The van der Waals surface area contributed by atoms with E-state index in [2.05, 4.69) is 5.32 Å². The summed E-state index contributed by atoms with van der Waals surface area (Å²) in [5, 5.41) is 11.6. The van der Waals surface area contributed by atoms with Gasteiger partial charge in [0.15, 0.2) is 0 Å². The van der Waals surface area contributed by atoms with Crippen LogP contribution in [0.3, 0.4) is 0 Å². The smallest absolute Gasteiger partial charge is 0.303 e. The van der Waals surface area contributed by atoms with E-state index in [9.17, 15) is 9.59 Å². The van der Waals surface area contributed by atoms with E-state index >= 15 is 0 Å². The van der Waals surface area contributed by atoms with Crippen LogP contribution in [0.4, 0.5) is 0 Å². The number of carboxylic acids is 1. The van der Waals surface area contributed by atoms with Crippen molar-refractivity contribution in [2.24, 2.45) is 5.92 Å². The molecule has 5 heteroatoms. The third-order valence-corrected chi connectivity index (χ3v) is 3.44. The number of fused-ring (bicyclic) bond motifs is 1. The van der Waals surface area contributed by atoms with Crippen LogP contribution in [-0.2, 0) is 16.0 Å². The highest BCUT2D eigenvalue weighted by molar-refractivity contribution is 5.77. The number of amides is 1. The van der Waals surface area contributed by atoms with E-state index in [1.807, 2.05) is 6.07 Å². The van der Waals surface area contributed by atoms with Crippen LogP contribution in [0.5, 0.6) is 0 Å². The highest BCUT2D eigenvalue weighted by atomic mass is 16.4. The Morgan fingerprint density at radius 2 is 2.32 bits per heavy atom. The summed E-state index contributed by atoms with van der Waals surface area (Å²) in [5.41, 5.74) is 1.06. The average Bonchev–Trinajstić information content (AvgIpc) is 2.76. The third kappa shape index (κ3) is 3.59. The zero-order chi connectivity index (χ0) is 13.8. The molecule has 2 unspecified atom stereocenters. The molecule has 0 fully saturated rings. The van der Waals surface area contributed by atoms with Crippen molar-refractivity contribution >= 4 is 11.9 Å². The molecule has 0 aromatic carbocycles. The van der Waals surface area contributed by atoms with E-state index in [-0.39, 0.29) is 30.7 Å². The first-order valence-electron chi connectivity index (χ1n) is 6.63. The monoisotopic (exact) mass is 265 g/mol. The molecule has 0 bridgehead atoms. The van der Waals surface area contributed by atoms with E-state index < -0.39 is 5.97 Å². The Balaban J connectivity index is 1.89. The Hall–Kier alpha value is -1.78. The summed E-state index contributed by atoms with van der Waals surface area (Å²) in [5.74, 6) is -0.150. The lowest BCUT2D eigenvalue weighted by Gasteiger charge is -2.23. The van der Waals surface area contributed by atoms with Crippen LogP contribution in [0.25, 0.3) is 0 Å². The van der Waals surface area contributed by atoms with Crippen molar-refractivity contribution < 1.29 is 19.1 Å². The maximum atomic E-state index is 11.9. The first-order valence-corrected chi connectivity index (χ1v) is 6.63. The summed E-state index contributed by atoms with van der Waals surface area (Å²) in [7, 11) is 0. The van der Waals surface area contributed by atoms with E-state index in [0.29, 0.717) is 0 Å². The van der Waals surface area contributed by atoms with Crippen molar-refractivity contribution in [3.8, 4) is 0 Å². The molecule has 1 aliphatic rings. The van der Waals surface area contributed by atoms with Gasteiger partial charge in [-0.2, -0.15) is 0 Å². The summed E-state index contributed by atoms with van der Waals surface area (Å²) in [4.78, 5) is 22.5. The molecule has 0 saturated heterocycles. The molecule has 104 valence electrons. The van der Waals surface area contributed by atoms with Crippen LogP contribution < -0.4 is 5.32 Å². The number of nitrogens with one attached hydrogen (secondary N) is 1. The fourth-order valence-corrected chi connectivity index (χ4v) is 2.58. The lowest BCUT2D eigenvalue weighted by Crippen LogP contribution is -2.31. The normalized spacial score (nSPS) is 19.5. The molecule has 1 aliphatic carbocycles. The van der Waals surface area contributed by atoms with E-state index in [4.69, 9.17) is 9.52 Å². The molecule has 0 radical (unpaired) electrons. The quantitative estimate of drug-likeness (QED) is 0.856. The van der Waals surface area contributed by atoms with Gasteiger partial charge < -0.3 is 14.8 Å². The van der Waals surface area contributed by atoms with Crippen LogP contribution in [0.2, 0.25) is 0 Å². The van der Waals surface area contributed by atoms with Gasteiger partial charge >= 0.3 is 5.97 Å². The molecular formula is C14H19NO4. The van der Waals surface area contributed by atoms with Gasteiger partial charge in [0.05, 0.1) is 12.3 Å². The van der Waals surface area contributed by atoms with Gasteiger partial charge in [-0.05, 0) is 24.8 Å². The number of carbonyl (C=O) groups is 2. The Bertz CT molecular complexity index is 466. The number of aryl methyl sites for hydroxylation is 1. The van der Waals surface area contributed by atoms with Gasteiger partial charge in [0.1, 0.15) is 5.76 Å². The number of rotatable bonds is 5. The molecule has 2 N–H and O–H groups in total. The van der Waals surface area contributed by atoms with Gasteiger partial charge in [0, 0.05) is 24.8 Å². The van der Waals surface area contributed by atoms with Crippen molar-refractivity contribution in [1.82, 2.24) is 5.32 Å². The van der Waals surface area contributed by atoms with Crippen molar-refractivity contribution in [3.05, 3.63) is 23.7 Å². The van der Waals surface area contributed by atoms with Gasteiger partial charge in [0.2, 0.25) is 5.91 Å². The van der Waals surface area contributed by atoms with Crippen molar-refractivity contribution in [1.29, 1.82) is 0 Å². The summed E-state index contributed by atoms with van der Waals surface area (Å²) < 4.78 is 5.37. The van der Waals surface area contributed by atoms with E-state index in [1.54, 1.807) is 13.2 Å². The largest absolute Gasteiger partial charge is 0.481 e. The van der Waals surface area contributed by atoms with Crippen molar-refractivity contribution in [2.45, 2.75) is 45.1 Å². The highest BCUT2D eigenvalue weighted by Gasteiger charge is 2.24. The second-order valence-corrected chi connectivity index (χ2v) is 5.22. The Morgan fingerprint density at radius 1 is 1.53 bits per heavy atom. The van der Waals surface area contributed by atoms with Gasteiger partial charge in [-0.25, -0.2) is 0 Å². The molecular weight excluding hydrogens is 246 g/mol. The standard InChI is InChI=1S/C14H19NO4/c1-9(8-14(17)18)7-13(16)15-11-3-2-4-12-10(11)5-6-19-12/h5-6,9,11H,2-4,7-8H2,1H3,(H,15,16)(H,17,18). The van der Waals surface area contributed by atoms with Crippen molar-refractivity contribution in [2.75, 3.05) is 0 Å². The van der Waals surface area contributed by atoms with Gasteiger partial charge in [-0.1, -0.05) is 6.92 Å². The zero-order valence-corrected chi connectivity index (χ0v) is 11.0. The van der Waals surface area contributed by atoms with Crippen LogP contribution in [0, 0.1) is 5.92 Å². The number of hydrogen-bond acceptors (Lipinski definition) is 3. The predicted octanol–water partition coefficient (Wildman–Crippen LogP) is 2.27. The predicted molar refractivity (Wildman–Crippen MR) is 68.6 cm³/mol. The molecule has 1 aromatic heterocycles. The summed E-state index contributed by atoms with van der Waals surface area (Å²) in [6, 6.07) is 1.91. The molecule has 2 rings (SSSR count). The maximum absolute atomic E-state index is 11.9. The van der Waals surface area contributed by atoms with Gasteiger partial charge in [-0.15, -0.1) is 0 Å². The molecule has 1 aromatic rings. The second-order valence-electron chi connectivity index (χ2n) is 5.22. The summed E-state index contributed by atoms with van der Waals surface area (Å²) in [6.45, 7) is 1.78. The fourth-order valence-electron chi connectivity index (χ4n) is 2.58. The Labute approximate surface area is 112 Å². The Morgan fingerprint density at radius 3 is 3.05 bits per heavy atom. The SMILES string of the molecule is CC(CC(=O)O)CC(=O)NC1CCCc2occc21. The Kier molecular flexibility index (Phi) is 4.24.